The van der Waals surface area contributed by atoms with Crippen LogP contribution in [0.3, 0.4) is 0 Å². The molecule has 6 nitrogen and oxygen atoms in total. The number of unbranched alkanes of at least 4 members (excludes halogenated alkanes) is 1. The van der Waals surface area contributed by atoms with Crippen molar-refractivity contribution in [1.29, 1.82) is 0 Å². The Balaban J connectivity index is 1.63. The van der Waals surface area contributed by atoms with Crippen LogP contribution in [-0.2, 0) is 11.3 Å². The number of amides is 1. The Bertz CT molecular complexity index is 747. The molecule has 0 radical (unpaired) electrons. The van der Waals surface area contributed by atoms with E-state index in [1.807, 2.05) is 24.3 Å². The molecule has 0 spiro atoms. The highest BCUT2D eigenvalue weighted by Crippen LogP contribution is 2.27. The molecule has 1 aliphatic heterocycles. The SMILES string of the molecule is C=CCn1c(N2CCC(C(=O)NCCCCO)CC2)nc2ccccc21. The van der Waals surface area contributed by atoms with E-state index in [0.717, 1.165) is 62.3 Å². The van der Waals surface area contributed by atoms with Crippen molar-refractivity contribution < 1.29 is 9.90 Å². The third kappa shape index (κ3) is 4.07. The second kappa shape index (κ2) is 8.85. The van der Waals surface area contributed by atoms with Gasteiger partial charge < -0.3 is 19.9 Å². The first-order chi connectivity index (χ1) is 12.7. The Morgan fingerprint density at radius 3 is 2.81 bits per heavy atom. The third-order valence-electron chi connectivity index (χ3n) is 4.98. The van der Waals surface area contributed by atoms with Gasteiger partial charge in [-0.15, -0.1) is 6.58 Å². The van der Waals surface area contributed by atoms with Crippen molar-refractivity contribution in [2.45, 2.75) is 32.2 Å². The molecular formula is C20H28N4O2. The molecule has 26 heavy (non-hydrogen) atoms. The summed E-state index contributed by atoms with van der Waals surface area (Å²) in [5, 5.41) is 11.8. The van der Waals surface area contributed by atoms with Crippen molar-refractivity contribution in [2.75, 3.05) is 31.1 Å². The van der Waals surface area contributed by atoms with Crippen LogP contribution in [0.1, 0.15) is 25.7 Å². The fourth-order valence-electron chi connectivity index (χ4n) is 3.55. The summed E-state index contributed by atoms with van der Waals surface area (Å²) in [5.74, 6) is 1.17. The molecular weight excluding hydrogens is 328 g/mol. The summed E-state index contributed by atoms with van der Waals surface area (Å²) in [6.45, 7) is 7.08. The number of benzene rings is 1. The van der Waals surface area contributed by atoms with Gasteiger partial charge in [0.1, 0.15) is 0 Å². The molecule has 1 aromatic carbocycles. The lowest BCUT2D eigenvalue weighted by Crippen LogP contribution is -2.41. The monoisotopic (exact) mass is 356 g/mol. The van der Waals surface area contributed by atoms with Gasteiger partial charge in [0.15, 0.2) is 0 Å². The van der Waals surface area contributed by atoms with Crippen LogP contribution in [0.5, 0.6) is 0 Å². The van der Waals surface area contributed by atoms with E-state index >= 15 is 0 Å². The number of fused-ring (bicyclic) bond motifs is 1. The summed E-state index contributed by atoms with van der Waals surface area (Å²) in [4.78, 5) is 19.4. The topological polar surface area (TPSA) is 70.4 Å². The number of piperidine rings is 1. The molecule has 0 unspecified atom stereocenters. The van der Waals surface area contributed by atoms with E-state index in [4.69, 9.17) is 10.1 Å². The molecule has 1 aromatic heterocycles. The molecule has 2 aromatic rings. The molecule has 0 saturated carbocycles. The van der Waals surface area contributed by atoms with E-state index in [9.17, 15) is 4.79 Å². The minimum atomic E-state index is 0.0672. The highest BCUT2D eigenvalue weighted by Gasteiger charge is 2.27. The summed E-state index contributed by atoms with van der Waals surface area (Å²) in [5.41, 5.74) is 2.11. The number of aliphatic hydroxyl groups excluding tert-OH is 1. The van der Waals surface area contributed by atoms with E-state index in [0.29, 0.717) is 6.54 Å². The van der Waals surface area contributed by atoms with Gasteiger partial charge in [-0.2, -0.15) is 0 Å². The van der Waals surface area contributed by atoms with Crippen LogP contribution in [-0.4, -0.2) is 46.8 Å². The number of aliphatic hydroxyl groups is 1. The largest absolute Gasteiger partial charge is 0.396 e. The van der Waals surface area contributed by atoms with E-state index < -0.39 is 0 Å². The molecule has 1 aliphatic rings. The van der Waals surface area contributed by atoms with Gasteiger partial charge in [0.25, 0.3) is 0 Å². The van der Waals surface area contributed by atoms with E-state index in [1.54, 1.807) is 0 Å². The summed E-state index contributed by atoms with van der Waals surface area (Å²) >= 11 is 0. The minimum Gasteiger partial charge on any atom is -0.396 e. The van der Waals surface area contributed by atoms with Crippen LogP contribution in [0.2, 0.25) is 0 Å². The predicted octanol–water partition coefficient (Wildman–Crippen LogP) is 2.33. The number of hydrogen-bond acceptors (Lipinski definition) is 4. The molecule has 1 amide bonds. The van der Waals surface area contributed by atoms with Gasteiger partial charge in [-0.3, -0.25) is 4.79 Å². The van der Waals surface area contributed by atoms with Crippen molar-refractivity contribution in [1.82, 2.24) is 14.9 Å². The van der Waals surface area contributed by atoms with Crippen LogP contribution in [0.4, 0.5) is 5.95 Å². The maximum atomic E-state index is 12.3. The number of anilines is 1. The summed E-state index contributed by atoms with van der Waals surface area (Å²) in [6.07, 6.45) is 5.13. The van der Waals surface area contributed by atoms with Gasteiger partial charge in [-0.25, -0.2) is 4.98 Å². The van der Waals surface area contributed by atoms with E-state index in [1.165, 1.54) is 0 Å². The molecule has 0 bridgehead atoms. The number of para-hydroxylation sites is 2. The van der Waals surface area contributed by atoms with Crippen LogP contribution in [0.15, 0.2) is 36.9 Å². The fourth-order valence-corrected chi connectivity index (χ4v) is 3.55. The molecule has 0 aliphatic carbocycles. The first kappa shape index (κ1) is 18.5. The Hall–Kier alpha value is -2.34. The number of aromatic nitrogens is 2. The standard InChI is InChI=1S/C20H28N4O2/c1-2-12-24-18-8-4-3-7-17(18)22-20(24)23-13-9-16(10-14-23)19(26)21-11-5-6-15-25/h2-4,7-8,16,25H,1,5-6,9-15H2,(H,21,26). The second-order valence-electron chi connectivity index (χ2n) is 6.78. The van der Waals surface area contributed by atoms with Crippen molar-refractivity contribution in [3.63, 3.8) is 0 Å². The van der Waals surface area contributed by atoms with E-state index in [-0.39, 0.29) is 18.4 Å². The number of nitrogens with one attached hydrogen (secondary N) is 1. The average molecular weight is 356 g/mol. The van der Waals surface area contributed by atoms with Crippen LogP contribution in [0.25, 0.3) is 11.0 Å². The normalized spacial score (nSPS) is 15.3. The third-order valence-corrected chi connectivity index (χ3v) is 4.98. The summed E-state index contributed by atoms with van der Waals surface area (Å²) in [7, 11) is 0. The van der Waals surface area contributed by atoms with Crippen LogP contribution < -0.4 is 10.2 Å². The number of carbonyl (C=O) groups is 1. The van der Waals surface area contributed by atoms with Crippen molar-refractivity contribution in [3.8, 4) is 0 Å². The minimum absolute atomic E-state index is 0.0672. The lowest BCUT2D eigenvalue weighted by Gasteiger charge is -2.32. The Morgan fingerprint density at radius 2 is 2.08 bits per heavy atom. The number of carbonyl (C=O) groups excluding carboxylic acids is 1. The number of rotatable bonds is 8. The van der Waals surface area contributed by atoms with Crippen molar-refractivity contribution in [3.05, 3.63) is 36.9 Å². The summed E-state index contributed by atoms with van der Waals surface area (Å²) in [6, 6.07) is 8.15. The molecule has 1 saturated heterocycles. The number of hydrogen-bond donors (Lipinski definition) is 2. The predicted molar refractivity (Wildman–Crippen MR) is 104 cm³/mol. The smallest absolute Gasteiger partial charge is 0.223 e. The Labute approximate surface area is 154 Å². The van der Waals surface area contributed by atoms with Gasteiger partial charge >= 0.3 is 0 Å². The summed E-state index contributed by atoms with van der Waals surface area (Å²) < 4.78 is 2.19. The van der Waals surface area contributed by atoms with Crippen molar-refractivity contribution >= 4 is 22.9 Å². The molecule has 6 heteroatoms. The van der Waals surface area contributed by atoms with Crippen LogP contribution >= 0.6 is 0 Å². The van der Waals surface area contributed by atoms with Gasteiger partial charge in [-0.05, 0) is 37.8 Å². The number of imidazole rings is 1. The first-order valence-electron chi connectivity index (χ1n) is 9.44. The highest BCUT2D eigenvalue weighted by atomic mass is 16.3. The number of allylic oxidation sites excluding steroid dienone is 1. The first-order valence-corrected chi connectivity index (χ1v) is 9.44. The highest BCUT2D eigenvalue weighted by molar-refractivity contribution is 5.80. The van der Waals surface area contributed by atoms with Gasteiger partial charge in [0, 0.05) is 38.7 Å². The van der Waals surface area contributed by atoms with Gasteiger partial charge in [0.2, 0.25) is 11.9 Å². The number of nitrogens with zero attached hydrogens (tertiary/aromatic N) is 3. The lowest BCUT2D eigenvalue weighted by atomic mass is 9.96. The quantitative estimate of drug-likeness (QED) is 0.563. The molecule has 2 heterocycles. The fraction of sp³-hybridized carbons (Fsp3) is 0.500. The maximum Gasteiger partial charge on any atom is 0.223 e. The zero-order valence-corrected chi connectivity index (χ0v) is 15.2. The van der Waals surface area contributed by atoms with Gasteiger partial charge in [-0.1, -0.05) is 18.2 Å². The van der Waals surface area contributed by atoms with E-state index in [2.05, 4.69) is 27.4 Å². The van der Waals surface area contributed by atoms with Crippen molar-refractivity contribution in [2.24, 2.45) is 5.92 Å². The average Bonchev–Trinajstić information content (AvgIpc) is 3.04. The zero-order valence-electron chi connectivity index (χ0n) is 15.2. The maximum absolute atomic E-state index is 12.3. The Morgan fingerprint density at radius 1 is 1.31 bits per heavy atom. The molecule has 140 valence electrons. The second-order valence-corrected chi connectivity index (χ2v) is 6.78. The Kier molecular flexibility index (Phi) is 6.28. The zero-order chi connectivity index (χ0) is 18.4. The molecule has 0 atom stereocenters. The molecule has 3 rings (SSSR count). The van der Waals surface area contributed by atoms with Gasteiger partial charge in [0.05, 0.1) is 11.0 Å². The lowest BCUT2D eigenvalue weighted by molar-refractivity contribution is -0.125. The molecule has 2 N–H and O–H groups in total. The van der Waals surface area contributed by atoms with Crippen LogP contribution in [0, 0.1) is 5.92 Å². The molecule has 1 fully saturated rings.